The molecule has 0 N–H and O–H groups in total. The monoisotopic (exact) mass is 275 g/mol. The topological polar surface area (TPSA) is 3.24 Å². The highest BCUT2D eigenvalue weighted by atomic mass is 19.1. The van der Waals surface area contributed by atoms with Crippen LogP contribution in [0, 0.1) is 11.7 Å². The highest BCUT2D eigenvalue weighted by molar-refractivity contribution is 5.49. The number of hydrogen-bond acceptors (Lipinski definition) is 1. The van der Waals surface area contributed by atoms with Gasteiger partial charge >= 0.3 is 0 Å². The second kappa shape index (κ2) is 8.21. The van der Waals surface area contributed by atoms with E-state index in [9.17, 15) is 4.39 Å². The fourth-order valence-corrected chi connectivity index (χ4v) is 2.86. The van der Waals surface area contributed by atoms with Gasteiger partial charge < -0.3 is 4.90 Å². The number of likely N-dealkylation sites (tertiary alicyclic amines) is 1. The lowest BCUT2D eigenvalue weighted by atomic mass is 9.96. The van der Waals surface area contributed by atoms with E-state index in [1.165, 1.54) is 63.9 Å². The summed E-state index contributed by atoms with van der Waals surface area (Å²) in [6.07, 6.45) is 11.0. The average molecular weight is 275 g/mol. The molecule has 0 radical (unpaired) electrons. The summed E-state index contributed by atoms with van der Waals surface area (Å²) in [7, 11) is 0. The third kappa shape index (κ3) is 5.09. The molecular formula is C18H26FN. The van der Waals surface area contributed by atoms with Crippen LogP contribution in [0.2, 0.25) is 0 Å². The Morgan fingerprint density at radius 1 is 1.25 bits per heavy atom. The van der Waals surface area contributed by atoms with E-state index in [0.717, 1.165) is 5.56 Å². The van der Waals surface area contributed by atoms with Crippen molar-refractivity contribution >= 4 is 6.08 Å². The lowest BCUT2D eigenvalue weighted by molar-refractivity contribution is 0.194. The first-order valence-electron chi connectivity index (χ1n) is 7.94. The lowest BCUT2D eigenvalue weighted by Gasteiger charge is -2.31. The molecule has 1 unspecified atom stereocenters. The SMILES string of the molecule is CCCCCN1CCCC(/C=C/c2ccc(F)cc2)C1. The van der Waals surface area contributed by atoms with Gasteiger partial charge in [-0.2, -0.15) is 0 Å². The molecule has 110 valence electrons. The number of unbranched alkanes of at least 4 members (excludes halogenated alkanes) is 2. The predicted octanol–water partition coefficient (Wildman–Crippen LogP) is 4.74. The van der Waals surface area contributed by atoms with E-state index in [4.69, 9.17) is 0 Å². The molecule has 0 aromatic heterocycles. The Balaban J connectivity index is 1.81. The maximum Gasteiger partial charge on any atom is 0.123 e. The largest absolute Gasteiger partial charge is 0.303 e. The van der Waals surface area contributed by atoms with Gasteiger partial charge in [0, 0.05) is 6.54 Å². The summed E-state index contributed by atoms with van der Waals surface area (Å²) < 4.78 is 12.8. The van der Waals surface area contributed by atoms with E-state index in [2.05, 4.69) is 24.0 Å². The summed E-state index contributed by atoms with van der Waals surface area (Å²) >= 11 is 0. The quantitative estimate of drug-likeness (QED) is 0.678. The van der Waals surface area contributed by atoms with Gasteiger partial charge in [0.05, 0.1) is 0 Å². The fraction of sp³-hybridized carbons (Fsp3) is 0.556. The van der Waals surface area contributed by atoms with E-state index < -0.39 is 0 Å². The van der Waals surface area contributed by atoms with E-state index in [1.54, 1.807) is 0 Å². The molecule has 2 rings (SSSR count). The van der Waals surface area contributed by atoms with Gasteiger partial charge in [0.15, 0.2) is 0 Å². The predicted molar refractivity (Wildman–Crippen MR) is 84.1 cm³/mol. The smallest absolute Gasteiger partial charge is 0.123 e. The Morgan fingerprint density at radius 3 is 2.80 bits per heavy atom. The standard InChI is InChI=1S/C18H26FN/c1-2-3-4-13-20-14-5-6-17(15-20)8-7-16-9-11-18(19)12-10-16/h7-12,17H,2-6,13-15H2,1H3/b8-7+. The molecule has 20 heavy (non-hydrogen) atoms. The van der Waals surface area contributed by atoms with Gasteiger partial charge in [0.1, 0.15) is 5.82 Å². The molecule has 0 bridgehead atoms. The van der Waals surface area contributed by atoms with Gasteiger partial charge in [-0.3, -0.25) is 0 Å². The molecule has 0 amide bonds. The van der Waals surface area contributed by atoms with Crippen molar-refractivity contribution in [1.82, 2.24) is 4.90 Å². The maximum absolute atomic E-state index is 12.8. The minimum absolute atomic E-state index is 0.165. The van der Waals surface area contributed by atoms with E-state index in [1.807, 2.05) is 12.1 Å². The molecule has 1 atom stereocenters. The first-order valence-corrected chi connectivity index (χ1v) is 7.94. The molecule has 2 heteroatoms. The molecule has 1 nitrogen and oxygen atoms in total. The average Bonchev–Trinajstić information content (AvgIpc) is 2.47. The van der Waals surface area contributed by atoms with E-state index in [0.29, 0.717) is 5.92 Å². The van der Waals surface area contributed by atoms with Crippen LogP contribution in [0.1, 0.15) is 44.6 Å². The minimum atomic E-state index is -0.165. The first kappa shape index (κ1) is 15.2. The van der Waals surface area contributed by atoms with Gasteiger partial charge in [-0.05, 0) is 56.0 Å². The van der Waals surface area contributed by atoms with Crippen molar-refractivity contribution in [2.75, 3.05) is 19.6 Å². The molecule has 0 aliphatic carbocycles. The lowest BCUT2D eigenvalue weighted by Crippen LogP contribution is -2.35. The van der Waals surface area contributed by atoms with Crippen molar-refractivity contribution in [3.63, 3.8) is 0 Å². The van der Waals surface area contributed by atoms with E-state index >= 15 is 0 Å². The van der Waals surface area contributed by atoms with Crippen LogP contribution in [-0.2, 0) is 0 Å². The third-order valence-electron chi connectivity index (χ3n) is 4.05. The van der Waals surface area contributed by atoms with Crippen LogP contribution < -0.4 is 0 Å². The molecule has 1 aliphatic rings. The first-order chi connectivity index (χ1) is 9.78. The summed E-state index contributed by atoms with van der Waals surface area (Å²) in [5.74, 6) is 0.484. The number of rotatable bonds is 6. The van der Waals surface area contributed by atoms with Crippen LogP contribution in [0.5, 0.6) is 0 Å². The minimum Gasteiger partial charge on any atom is -0.303 e. The van der Waals surface area contributed by atoms with Gasteiger partial charge in [-0.1, -0.05) is 44.1 Å². The zero-order valence-electron chi connectivity index (χ0n) is 12.5. The zero-order chi connectivity index (χ0) is 14.2. The molecule has 0 spiro atoms. The molecule has 0 saturated carbocycles. The molecule has 1 aromatic carbocycles. The number of halogens is 1. The van der Waals surface area contributed by atoms with Crippen LogP contribution in [0.4, 0.5) is 4.39 Å². The summed E-state index contributed by atoms with van der Waals surface area (Å²) in [6, 6.07) is 6.73. The summed E-state index contributed by atoms with van der Waals surface area (Å²) in [6.45, 7) is 5.94. The fourth-order valence-electron chi connectivity index (χ4n) is 2.86. The van der Waals surface area contributed by atoms with Crippen molar-refractivity contribution in [2.24, 2.45) is 5.92 Å². The maximum atomic E-state index is 12.8. The Bertz CT molecular complexity index is 410. The number of benzene rings is 1. The summed E-state index contributed by atoms with van der Waals surface area (Å²) in [5, 5.41) is 0. The Labute approximate surface area is 122 Å². The van der Waals surface area contributed by atoms with Gasteiger partial charge in [-0.15, -0.1) is 0 Å². The Hall–Kier alpha value is -1.15. The zero-order valence-corrected chi connectivity index (χ0v) is 12.5. The number of hydrogen-bond donors (Lipinski definition) is 0. The molecule has 1 fully saturated rings. The van der Waals surface area contributed by atoms with Crippen molar-refractivity contribution in [3.8, 4) is 0 Å². The molecule has 1 aliphatic heterocycles. The van der Waals surface area contributed by atoms with Crippen LogP contribution in [-0.4, -0.2) is 24.5 Å². The Kier molecular flexibility index (Phi) is 6.25. The van der Waals surface area contributed by atoms with Crippen molar-refractivity contribution in [2.45, 2.75) is 39.0 Å². The molecular weight excluding hydrogens is 249 g/mol. The second-order valence-corrected chi connectivity index (χ2v) is 5.82. The van der Waals surface area contributed by atoms with Crippen molar-refractivity contribution < 1.29 is 4.39 Å². The Morgan fingerprint density at radius 2 is 2.05 bits per heavy atom. The number of piperidine rings is 1. The molecule has 1 heterocycles. The highest BCUT2D eigenvalue weighted by Crippen LogP contribution is 2.19. The van der Waals surface area contributed by atoms with Gasteiger partial charge in [0.25, 0.3) is 0 Å². The summed E-state index contributed by atoms with van der Waals surface area (Å²) in [5.41, 5.74) is 1.09. The molecule has 1 aromatic rings. The number of nitrogens with zero attached hydrogens (tertiary/aromatic N) is 1. The van der Waals surface area contributed by atoms with Crippen LogP contribution in [0.15, 0.2) is 30.3 Å². The van der Waals surface area contributed by atoms with Gasteiger partial charge in [-0.25, -0.2) is 4.39 Å². The van der Waals surface area contributed by atoms with Crippen LogP contribution in [0.25, 0.3) is 6.08 Å². The highest BCUT2D eigenvalue weighted by Gasteiger charge is 2.16. The van der Waals surface area contributed by atoms with Crippen molar-refractivity contribution in [1.29, 1.82) is 0 Å². The summed E-state index contributed by atoms with van der Waals surface area (Å²) in [4.78, 5) is 2.60. The second-order valence-electron chi connectivity index (χ2n) is 5.82. The molecule has 1 saturated heterocycles. The van der Waals surface area contributed by atoms with E-state index in [-0.39, 0.29) is 5.82 Å². The van der Waals surface area contributed by atoms with Crippen molar-refractivity contribution in [3.05, 3.63) is 41.7 Å². The normalized spacial score (nSPS) is 20.6. The third-order valence-corrected chi connectivity index (χ3v) is 4.05. The van der Waals surface area contributed by atoms with Crippen LogP contribution in [0.3, 0.4) is 0 Å². The van der Waals surface area contributed by atoms with Gasteiger partial charge in [0.2, 0.25) is 0 Å². The van der Waals surface area contributed by atoms with Crippen LogP contribution >= 0.6 is 0 Å².